The van der Waals surface area contributed by atoms with Crippen LogP contribution >= 0.6 is 0 Å². The summed E-state index contributed by atoms with van der Waals surface area (Å²) >= 11 is 0. The summed E-state index contributed by atoms with van der Waals surface area (Å²) in [6.45, 7) is 0.209. The molecule has 1 rings (SSSR count). The third-order valence-electron chi connectivity index (χ3n) is 2.22. The monoisotopic (exact) mass is 248 g/mol. The van der Waals surface area contributed by atoms with Gasteiger partial charge in [0.25, 0.3) is 0 Å². The summed E-state index contributed by atoms with van der Waals surface area (Å²) < 4.78 is 4.93. The first-order valence-electron chi connectivity index (χ1n) is 5.77. The van der Waals surface area contributed by atoms with Crippen molar-refractivity contribution < 1.29 is 19.4 Å². The molecule has 0 saturated carbocycles. The normalized spacial score (nSPS) is 10.4. The SMILES string of the molecule is O=C(O)CCCC(=O)OCC=Cc1ccccc1. The summed E-state index contributed by atoms with van der Waals surface area (Å²) in [7, 11) is 0. The van der Waals surface area contributed by atoms with E-state index in [1.165, 1.54) is 0 Å². The zero-order valence-corrected chi connectivity index (χ0v) is 10.0. The van der Waals surface area contributed by atoms with Crippen molar-refractivity contribution in [3.63, 3.8) is 0 Å². The van der Waals surface area contributed by atoms with E-state index in [0.717, 1.165) is 5.56 Å². The Morgan fingerprint density at radius 3 is 2.56 bits per heavy atom. The van der Waals surface area contributed by atoms with Crippen LogP contribution in [0.2, 0.25) is 0 Å². The van der Waals surface area contributed by atoms with Crippen LogP contribution in [0.5, 0.6) is 0 Å². The molecule has 0 atom stereocenters. The molecule has 0 radical (unpaired) electrons. The number of aliphatic carboxylic acids is 1. The number of hydrogen-bond acceptors (Lipinski definition) is 3. The van der Waals surface area contributed by atoms with Crippen molar-refractivity contribution in [2.24, 2.45) is 0 Å². The minimum Gasteiger partial charge on any atom is -0.481 e. The van der Waals surface area contributed by atoms with Crippen LogP contribution in [0.4, 0.5) is 0 Å². The van der Waals surface area contributed by atoms with E-state index in [-0.39, 0.29) is 25.4 Å². The van der Waals surface area contributed by atoms with Gasteiger partial charge in [-0.25, -0.2) is 0 Å². The van der Waals surface area contributed by atoms with Gasteiger partial charge in [-0.15, -0.1) is 0 Å². The molecular formula is C14H16O4. The molecule has 0 aliphatic carbocycles. The molecule has 96 valence electrons. The van der Waals surface area contributed by atoms with Gasteiger partial charge in [0.2, 0.25) is 0 Å². The van der Waals surface area contributed by atoms with Crippen LogP contribution in [-0.2, 0) is 14.3 Å². The van der Waals surface area contributed by atoms with Crippen molar-refractivity contribution in [1.29, 1.82) is 0 Å². The molecule has 0 unspecified atom stereocenters. The molecule has 0 bridgehead atoms. The molecule has 0 aliphatic rings. The van der Waals surface area contributed by atoms with Crippen LogP contribution in [-0.4, -0.2) is 23.7 Å². The molecule has 0 spiro atoms. The van der Waals surface area contributed by atoms with E-state index in [9.17, 15) is 9.59 Å². The average Bonchev–Trinajstić information content (AvgIpc) is 2.35. The summed E-state index contributed by atoms with van der Waals surface area (Å²) in [5.74, 6) is -1.26. The van der Waals surface area contributed by atoms with Gasteiger partial charge in [-0.3, -0.25) is 9.59 Å². The lowest BCUT2D eigenvalue weighted by Gasteiger charge is -2.00. The zero-order valence-electron chi connectivity index (χ0n) is 10.0. The lowest BCUT2D eigenvalue weighted by molar-refractivity contribution is -0.142. The lowest BCUT2D eigenvalue weighted by Crippen LogP contribution is -2.05. The predicted molar refractivity (Wildman–Crippen MR) is 67.9 cm³/mol. The molecule has 4 nitrogen and oxygen atoms in total. The Balaban J connectivity index is 2.15. The summed E-state index contributed by atoms with van der Waals surface area (Å²) in [6, 6.07) is 9.69. The maximum Gasteiger partial charge on any atom is 0.306 e. The van der Waals surface area contributed by atoms with E-state index in [1.54, 1.807) is 6.08 Å². The summed E-state index contributed by atoms with van der Waals surface area (Å²) in [5, 5.41) is 8.40. The topological polar surface area (TPSA) is 63.6 Å². The Bertz CT molecular complexity index is 409. The Kier molecular flexibility index (Phi) is 6.25. The molecule has 18 heavy (non-hydrogen) atoms. The maximum absolute atomic E-state index is 11.2. The highest BCUT2D eigenvalue weighted by molar-refractivity contribution is 5.71. The molecule has 0 heterocycles. The molecule has 1 N–H and O–H groups in total. The largest absolute Gasteiger partial charge is 0.481 e. The second kappa shape index (κ2) is 8.06. The standard InChI is InChI=1S/C14H16O4/c15-13(16)9-4-10-14(17)18-11-5-8-12-6-2-1-3-7-12/h1-3,5-8H,4,9-11H2,(H,15,16). The Morgan fingerprint density at radius 2 is 1.89 bits per heavy atom. The molecule has 0 aromatic heterocycles. The van der Waals surface area contributed by atoms with Crippen LogP contribution in [0.3, 0.4) is 0 Å². The van der Waals surface area contributed by atoms with Gasteiger partial charge in [0.1, 0.15) is 6.61 Å². The lowest BCUT2D eigenvalue weighted by atomic mass is 10.2. The van der Waals surface area contributed by atoms with Crippen molar-refractivity contribution in [2.45, 2.75) is 19.3 Å². The Labute approximate surface area is 106 Å². The number of carboxylic acid groups (broad SMARTS) is 1. The van der Waals surface area contributed by atoms with E-state index in [0.29, 0.717) is 6.42 Å². The molecule has 4 heteroatoms. The number of carboxylic acids is 1. The first kappa shape index (κ1) is 14.0. The fourth-order valence-electron chi connectivity index (χ4n) is 1.35. The van der Waals surface area contributed by atoms with Crippen molar-refractivity contribution in [1.82, 2.24) is 0 Å². The van der Waals surface area contributed by atoms with E-state index < -0.39 is 5.97 Å². The molecule has 0 saturated heterocycles. The van der Waals surface area contributed by atoms with Gasteiger partial charge >= 0.3 is 11.9 Å². The van der Waals surface area contributed by atoms with Gasteiger partial charge < -0.3 is 9.84 Å². The number of benzene rings is 1. The van der Waals surface area contributed by atoms with Crippen molar-refractivity contribution in [3.05, 3.63) is 42.0 Å². The van der Waals surface area contributed by atoms with Crippen molar-refractivity contribution in [3.8, 4) is 0 Å². The second-order valence-corrected chi connectivity index (χ2v) is 3.74. The number of carbonyl (C=O) groups excluding carboxylic acids is 1. The van der Waals surface area contributed by atoms with E-state index in [1.807, 2.05) is 36.4 Å². The second-order valence-electron chi connectivity index (χ2n) is 3.74. The first-order chi connectivity index (χ1) is 8.68. The van der Waals surface area contributed by atoms with Crippen LogP contribution in [0.25, 0.3) is 6.08 Å². The highest BCUT2D eigenvalue weighted by Crippen LogP contribution is 2.01. The van der Waals surface area contributed by atoms with Gasteiger partial charge in [-0.2, -0.15) is 0 Å². The number of esters is 1. The van der Waals surface area contributed by atoms with Gasteiger partial charge in [0.15, 0.2) is 0 Å². The quantitative estimate of drug-likeness (QED) is 0.753. The number of rotatable bonds is 7. The third-order valence-corrected chi connectivity index (χ3v) is 2.22. The van der Waals surface area contributed by atoms with E-state index >= 15 is 0 Å². The zero-order chi connectivity index (χ0) is 13.2. The van der Waals surface area contributed by atoms with Crippen LogP contribution in [0.15, 0.2) is 36.4 Å². The van der Waals surface area contributed by atoms with Gasteiger partial charge in [-0.05, 0) is 18.1 Å². The van der Waals surface area contributed by atoms with Gasteiger partial charge in [-0.1, -0.05) is 36.4 Å². The van der Waals surface area contributed by atoms with Gasteiger partial charge in [0, 0.05) is 12.8 Å². The van der Waals surface area contributed by atoms with Crippen molar-refractivity contribution >= 4 is 18.0 Å². The summed E-state index contributed by atoms with van der Waals surface area (Å²) in [6.07, 6.45) is 4.08. The van der Waals surface area contributed by atoms with E-state index in [4.69, 9.17) is 9.84 Å². The minimum atomic E-state index is -0.897. The maximum atomic E-state index is 11.2. The Hall–Kier alpha value is -2.10. The third kappa shape index (κ3) is 6.48. The first-order valence-corrected chi connectivity index (χ1v) is 5.77. The minimum absolute atomic E-state index is 0.00501. The fraction of sp³-hybridized carbons (Fsp3) is 0.286. The van der Waals surface area contributed by atoms with Crippen molar-refractivity contribution in [2.75, 3.05) is 6.61 Å². The molecular weight excluding hydrogens is 232 g/mol. The van der Waals surface area contributed by atoms with Gasteiger partial charge in [0.05, 0.1) is 0 Å². The number of ether oxygens (including phenoxy) is 1. The van der Waals surface area contributed by atoms with Crippen LogP contribution in [0, 0.1) is 0 Å². The predicted octanol–water partition coefficient (Wildman–Crippen LogP) is 2.50. The summed E-state index contributed by atoms with van der Waals surface area (Å²) in [4.78, 5) is 21.4. The number of carbonyl (C=O) groups is 2. The number of hydrogen-bond donors (Lipinski definition) is 1. The fourth-order valence-corrected chi connectivity index (χ4v) is 1.35. The molecule has 0 aliphatic heterocycles. The highest BCUT2D eigenvalue weighted by Gasteiger charge is 2.03. The van der Waals surface area contributed by atoms with Crippen LogP contribution < -0.4 is 0 Å². The average molecular weight is 248 g/mol. The molecule has 1 aromatic rings. The Morgan fingerprint density at radius 1 is 1.17 bits per heavy atom. The van der Waals surface area contributed by atoms with E-state index in [2.05, 4.69) is 0 Å². The molecule has 0 amide bonds. The smallest absolute Gasteiger partial charge is 0.306 e. The highest BCUT2D eigenvalue weighted by atomic mass is 16.5. The van der Waals surface area contributed by atoms with Crippen LogP contribution in [0.1, 0.15) is 24.8 Å². The summed E-state index contributed by atoms with van der Waals surface area (Å²) in [5.41, 5.74) is 1.04. The molecule has 1 aromatic carbocycles. The molecule has 0 fully saturated rings.